The first kappa shape index (κ1) is 13.9. The maximum absolute atomic E-state index is 12.1. The number of piperidine rings is 1. The van der Waals surface area contributed by atoms with Crippen molar-refractivity contribution in [2.45, 2.75) is 26.4 Å². The van der Waals surface area contributed by atoms with Crippen LogP contribution in [-0.4, -0.2) is 26.2 Å². The first-order chi connectivity index (χ1) is 9.14. The highest BCUT2D eigenvalue weighted by Crippen LogP contribution is 2.27. The molecule has 4 nitrogen and oxygen atoms in total. The third-order valence-corrected chi connectivity index (χ3v) is 3.62. The van der Waals surface area contributed by atoms with Gasteiger partial charge in [0.15, 0.2) is 0 Å². The minimum atomic E-state index is -0.384. The molecule has 0 saturated carbocycles. The van der Waals surface area contributed by atoms with Crippen LogP contribution in [0.2, 0.25) is 0 Å². The number of carbonyl (C=O) groups excluding carboxylic acids is 1. The molecule has 1 N–H and O–H groups in total. The van der Waals surface area contributed by atoms with Crippen molar-refractivity contribution in [2.24, 2.45) is 5.41 Å². The fraction of sp³-hybridized carbons (Fsp3) is 0.533. The number of benzene rings is 1. The molecule has 2 rings (SSSR count). The van der Waals surface area contributed by atoms with Crippen molar-refractivity contribution in [3.63, 3.8) is 0 Å². The van der Waals surface area contributed by atoms with Crippen LogP contribution in [-0.2, 0) is 16.1 Å². The Morgan fingerprint density at radius 3 is 2.68 bits per heavy atom. The van der Waals surface area contributed by atoms with Crippen LogP contribution in [0.1, 0.15) is 25.3 Å². The van der Waals surface area contributed by atoms with E-state index >= 15 is 0 Å². The zero-order chi connectivity index (χ0) is 13.7. The Morgan fingerprint density at radius 2 is 2.11 bits per heavy atom. The predicted octanol–water partition coefficient (Wildman–Crippen LogP) is 2.13. The molecule has 1 saturated heterocycles. The molecular formula is C15H21NO3. The quantitative estimate of drug-likeness (QED) is 0.845. The number of carbonyl (C=O) groups is 1. The lowest BCUT2D eigenvalue weighted by molar-refractivity contribution is -0.157. The van der Waals surface area contributed by atoms with Crippen molar-refractivity contribution in [2.75, 3.05) is 20.2 Å². The van der Waals surface area contributed by atoms with Crippen LogP contribution < -0.4 is 10.1 Å². The Labute approximate surface area is 114 Å². The van der Waals surface area contributed by atoms with Crippen molar-refractivity contribution in [3.05, 3.63) is 29.8 Å². The third-order valence-electron chi connectivity index (χ3n) is 3.62. The van der Waals surface area contributed by atoms with Crippen LogP contribution in [0.3, 0.4) is 0 Å². The van der Waals surface area contributed by atoms with E-state index in [1.165, 1.54) is 0 Å². The SMILES string of the molecule is COc1ccc(COC(=O)C2(C)CCCNC2)cc1. The maximum Gasteiger partial charge on any atom is 0.313 e. The number of ether oxygens (including phenoxy) is 2. The van der Waals surface area contributed by atoms with Gasteiger partial charge in [-0.1, -0.05) is 12.1 Å². The van der Waals surface area contributed by atoms with E-state index in [9.17, 15) is 4.79 Å². The summed E-state index contributed by atoms with van der Waals surface area (Å²) in [5.41, 5.74) is 0.589. The molecule has 0 spiro atoms. The molecule has 1 aromatic carbocycles. The van der Waals surface area contributed by atoms with E-state index in [1.807, 2.05) is 31.2 Å². The summed E-state index contributed by atoms with van der Waals surface area (Å²) < 4.78 is 10.5. The molecule has 19 heavy (non-hydrogen) atoms. The van der Waals surface area contributed by atoms with E-state index < -0.39 is 0 Å². The summed E-state index contributed by atoms with van der Waals surface area (Å²) in [6.07, 6.45) is 1.91. The summed E-state index contributed by atoms with van der Waals surface area (Å²) in [6, 6.07) is 7.56. The minimum Gasteiger partial charge on any atom is -0.497 e. The second-order valence-electron chi connectivity index (χ2n) is 5.27. The number of hydrogen-bond donors (Lipinski definition) is 1. The standard InChI is InChI=1S/C15H21NO3/c1-15(8-3-9-16-11-15)14(17)19-10-12-4-6-13(18-2)7-5-12/h4-7,16H,3,8-11H2,1-2H3. The molecule has 1 heterocycles. The van der Waals surface area contributed by atoms with Crippen molar-refractivity contribution >= 4 is 5.97 Å². The lowest BCUT2D eigenvalue weighted by Gasteiger charge is -2.31. The number of hydrogen-bond acceptors (Lipinski definition) is 4. The average molecular weight is 263 g/mol. The molecule has 0 bridgehead atoms. The molecular weight excluding hydrogens is 242 g/mol. The van der Waals surface area contributed by atoms with Crippen molar-refractivity contribution in [1.29, 1.82) is 0 Å². The van der Waals surface area contributed by atoms with E-state index in [4.69, 9.17) is 9.47 Å². The first-order valence-electron chi connectivity index (χ1n) is 6.65. The molecule has 1 atom stereocenters. The van der Waals surface area contributed by atoms with Crippen LogP contribution in [0.15, 0.2) is 24.3 Å². The minimum absolute atomic E-state index is 0.115. The molecule has 1 aliphatic rings. The topological polar surface area (TPSA) is 47.6 Å². The van der Waals surface area contributed by atoms with E-state index in [1.54, 1.807) is 7.11 Å². The van der Waals surface area contributed by atoms with Crippen molar-refractivity contribution < 1.29 is 14.3 Å². The van der Waals surface area contributed by atoms with Crippen LogP contribution in [0, 0.1) is 5.41 Å². The zero-order valence-corrected chi connectivity index (χ0v) is 11.6. The fourth-order valence-corrected chi connectivity index (χ4v) is 2.28. The summed E-state index contributed by atoms with van der Waals surface area (Å²) >= 11 is 0. The first-order valence-corrected chi connectivity index (χ1v) is 6.65. The number of esters is 1. The van der Waals surface area contributed by atoms with Gasteiger partial charge in [0.2, 0.25) is 0 Å². The normalized spacial score (nSPS) is 22.8. The molecule has 1 unspecified atom stereocenters. The van der Waals surface area contributed by atoms with E-state index in [0.29, 0.717) is 13.2 Å². The molecule has 0 radical (unpaired) electrons. The molecule has 1 fully saturated rings. The maximum atomic E-state index is 12.1. The van der Waals surface area contributed by atoms with Gasteiger partial charge >= 0.3 is 5.97 Å². The van der Waals surface area contributed by atoms with Gasteiger partial charge in [-0.15, -0.1) is 0 Å². The molecule has 1 aliphatic heterocycles. The van der Waals surface area contributed by atoms with Crippen molar-refractivity contribution in [1.82, 2.24) is 5.32 Å². The van der Waals surface area contributed by atoms with E-state index in [0.717, 1.165) is 30.7 Å². The number of rotatable bonds is 4. The Balaban J connectivity index is 1.88. The number of nitrogens with one attached hydrogen (secondary N) is 1. The number of methoxy groups -OCH3 is 1. The summed E-state index contributed by atoms with van der Waals surface area (Å²) in [7, 11) is 1.63. The molecule has 104 valence electrons. The highest BCUT2D eigenvalue weighted by atomic mass is 16.5. The van der Waals surface area contributed by atoms with Gasteiger partial charge in [0.05, 0.1) is 12.5 Å². The van der Waals surface area contributed by atoms with Gasteiger partial charge in [-0.3, -0.25) is 4.79 Å². The van der Waals surface area contributed by atoms with Crippen LogP contribution in [0.25, 0.3) is 0 Å². The summed E-state index contributed by atoms with van der Waals surface area (Å²) in [5, 5.41) is 3.25. The third kappa shape index (κ3) is 3.47. The predicted molar refractivity (Wildman–Crippen MR) is 73.0 cm³/mol. The van der Waals surface area contributed by atoms with Crippen LogP contribution in [0.4, 0.5) is 0 Å². The fourth-order valence-electron chi connectivity index (χ4n) is 2.28. The Bertz CT molecular complexity index is 422. The van der Waals surface area contributed by atoms with Gasteiger partial charge in [-0.25, -0.2) is 0 Å². The van der Waals surface area contributed by atoms with Gasteiger partial charge < -0.3 is 14.8 Å². The smallest absolute Gasteiger partial charge is 0.313 e. The van der Waals surface area contributed by atoms with E-state index in [2.05, 4.69) is 5.32 Å². The van der Waals surface area contributed by atoms with Gasteiger partial charge in [-0.2, -0.15) is 0 Å². The molecule has 0 amide bonds. The molecule has 0 aliphatic carbocycles. The Hall–Kier alpha value is -1.55. The zero-order valence-electron chi connectivity index (χ0n) is 11.6. The highest BCUT2D eigenvalue weighted by Gasteiger charge is 2.36. The Kier molecular flexibility index (Phi) is 4.43. The summed E-state index contributed by atoms with van der Waals surface area (Å²) in [6.45, 7) is 3.98. The highest BCUT2D eigenvalue weighted by molar-refractivity contribution is 5.76. The largest absolute Gasteiger partial charge is 0.497 e. The van der Waals surface area contributed by atoms with Crippen LogP contribution in [0.5, 0.6) is 5.75 Å². The van der Waals surface area contributed by atoms with Gasteiger partial charge in [-0.05, 0) is 44.0 Å². The molecule has 4 heteroatoms. The second kappa shape index (κ2) is 6.06. The molecule has 0 aromatic heterocycles. The van der Waals surface area contributed by atoms with E-state index in [-0.39, 0.29) is 11.4 Å². The second-order valence-corrected chi connectivity index (χ2v) is 5.27. The van der Waals surface area contributed by atoms with Gasteiger partial charge in [0, 0.05) is 6.54 Å². The average Bonchev–Trinajstić information content (AvgIpc) is 2.46. The summed E-state index contributed by atoms with van der Waals surface area (Å²) in [5.74, 6) is 0.689. The molecule has 1 aromatic rings. The van der Waals surface area contributed by atoms with Crippen molar-refractivity contribution in [3.8, 4) is 5.75 Å². The summed E-state index contributed by atoms with van der Waals surface area (Å²) in [4.78, 5) is 12.1. The Morgan fingerprint density at radius 1 is 1.37 bits per heavy atom. The van der Waals surface area contributed by atoms with Gasteiger partial charge in [0.1, 0.15) is 12.4 Å². The monoisotopic (exact) mass is 263 g/mol. The van der Waals surface area contributed by atoms with Crippen LogP contribution >= 0.6 is 0 Å². The lowest BCUT2D eigenvalue weighted by Crippen LogP contribution is -2.44. The van der Waals surface area contributed by atoms with Gasteiger partial charge in [0.25, 0.3) is 0 Å². The lowest BCUT2D eigenvalue weighted by atomic mass is 9.83.